The number of esters is 2. The van der Waals surface area contributed by atoms with E-state index in [1.807, 2.05) is 12.2 Å². The van der Waals surface area contributed by atoms with Crippen LogP contribution in [0.2, 0.25) is 0 Å². The molecule has 0 amide bonds. The van der Waals surface area contributed by atoms with E-state index >= 15 is 0 Å². The third-order valence-electron chi connectivity index (χ3n) is 8.58. The van der Waals surface area contributed by atoms with Gasteiger partial charge < -0.3 is 20.1 Å². The molecule has 10 heteroatoms. The number of hydrogen-bond acceptors (Lipinski definition) is 8. The van der Waals surface area contributed by atoms with Gasteiger partial charge in [0.15, 0.2) is 6.10 Å². The summed E-state index contributed by atoms with van der Waals surface area (Å²) in [6.45, 7) is 3.59. The number of rotatable bonds is 39. The van der Waals surface area contributed by atoms with Crippen LogP contribution in [0.5, 0.6) is 0 Å². The minimum atomic E-state index is -4.40. The lowest BCUT2D eigenvalue weighted by Crippen LogP contribution is -2.29. The van der Waals surface area contributed by atoms with Crippen LogP contribution in [0.1, 0.15) is 168 Å². The van der Waals surface area contributed by atoms with Gasteiger partial charge in [-0.25, -0.2) is 4.57 Å². The summed E-state index contributed by atoms with van der Waals surface area (Å²) >= 11 is 0. The monoisotopic (exact) mass is 792 g/mol. The molecule has 0 saturated carbocycles. The van der Waals surface area contributed by atoms with Crippen LogP contribution in [0.25, 0.3) is 0 Å². The molecule has 0 aromatic heterocycles. The quantitative estimate of drug-likeness (QED) is 0.0270. The molecule has 0 aromatic rings. The van der Waals surface area contributed by atoms with E-state index in [9.17, 15) is 19.0 Å². The van der Waals surface area contributed by atoms with Gasteiger partial charge in [0.25, 0.3) is 0 Å². The average Bonchev–Trinajstić information content (AvgIpc) is 3.17. The average molecular weight is 792 g/mol. The third kappa shape index (κ3) is 40.9. The molecule has 0 fully saturated rings. The minimum Gasteiger partial charge on any atom is -0.462 e. The van der Waals surface area contributed by atoms with Gasteiger partial charge in [0, 0.05) is 19.4 Å². The van der Waals surface area contributed by atoms with E-state index in [0.29, 0.717) is 12.8 Å². The number of hydrogen-bond donors (Lipinski definition) is 2. The molecular formula is C45H78NO8P. The molecule has 2 atom stereocenters. The lowest BCUT2D eigenvalue weighted by atomic mass is 10.1. The maximum atomic E-state index is 12.6. The Morgan fingerprint density at radius 3 is 1.53 bits per heavy atom. The fourth-order valence-corrected chi connectivity index (χ4v) is 6.14. The third-order valence-corrected chi connectivity index (χ3v) is 9.56. The van der Waals surface area contributed by atoms with Crippen LogP contribution in [-0.2, 0) is 32.7 Å². The van der Waals surface area contributed by atoms with Crippen LogP contribution in [0.3, 0.4) is 0 Å². The summed E-state index contributed by atoms with van der Waals surface area (Å²) in [5.74, 6) is -0.935. The summed E-state index contributed by atoms with van der Waals surface area (Å²) in [5.41, 5.74) is 5.34. The first-order valence-electron chi connectivity index (χ1n) is 21.4. The number of phosphoric ester groups is 1. The highest BCUT2D eigenvalue weighted by atomic mass is 31.2. The van der Waals surface area contributed by atoms with Gasteiger partial charge in [-0.3, -0.25) is 18.6 Å². The maximum Gasteiger partial charge on any atom is 0.472 e. The van der Waals surface area contributed by atoms with E-state index in [2.05, 4.69) is 74.6 Å². The van der Waals surface area contributed by atoms with Crippen molar-refractivity contribution in [2.45, 2.75) is 174 Å². The summed E-state index contributed by atoms with van der Waals surface area (Å²) in [6, 6.07) is 0. The van der Waals surface area contributed by atoms with Crippen LogP contribution in [0.15, 0.2) is 72.9 Å². The number of unbranched alkanes of at least 4 members (excludes halogenated alkanes) is 14. The Bertz CT molecular complexity index is 1130. The second kappa shape index (κ2) is 41.1. The van der Waals surface area contributed by atoms with Crippen molar-refractivity contribution in [1.82, 2.24) is 0 Å². The number of ether oxygens (including phenoxy) is 2. The Balaban J connectivity index is 4.30. The zero-order chi connectivity index (χ0) is 40.3. The van der Waals surface area contributed by atoms with Crippen molar-refractivity contribution < 1.29 is 37.6 Å². The van der Waals surface area contributed by atoms with Crippen molar-refractivity contribution in [3.8, 4) is 0 Å². The topological polar surface area (TPSA) is 134 Å². The molecule has 0 aliphatic rings. The number of carbonyl (C=O) groups is 2. The van der Waals surface area contributed by atoms with E-state index in [0.717, 1.165) is 51.4 Å². The molecule has 9 nitrogen and oxygen atoms in total. The highest BCUT2D eigenvalue weighted by Gasteiger charge is 2.25. The summed E-state index contributed by atoms with van der Waals surface area (Å²) in [7, 11) is -4.40. The maximum absolute atomic E-state index is 12.6. The second-order valence-corrected chi connectivity index (χ2v) is 15.3. The highest BCUT2D eigenvalue weighted by Crippen LogP contribution is 2.43. The van der Waals surface area contributed by atoms with Gasteiger partial charge in [0.1, 0.15) is 6.61 Å². The first kappa shape index (κ1) is 52.5. The van der Waals surface area contributed by atoms with Crippen molar-refractivity contribution in [1.29, 1.82) is 0 Å². The highest BCUT2D eigenvalue weighted by molar-refractivity contribution is 7.47. The standard InChI is InChI=1S/C45H78NO8P/c1-3-5-7-9-11-13-15-17-19-20-21-22-24-25-27-29-31-33-35-37-44(47)51-41-43(42-53-55(49,50)52-40-39-46)54-45(48)38-36-34-32-30-28-26-23-18-16-14-12-10-8-6-4-2/h11,13-14,16-17,19,21-22,25,27,31,33,43H,3-10,12,15,18,20,23-24,26,28-30,32,34-42,46H2,1-2H3,(H,49,50). The lowest BCUT2D eigenvalue weighted by Gasteiger charge is -2.19. The number of allylic oxidation sites excluding steroid dienone is 12. The molecule has 0 heterocycles. The molecule has 0 aliphatic heterocycles. The van der Waals surface area contributed by atoms with Crippen molar-refractivity contribution in [3.63, 3.8) is 0 Å². The molecule has 2 unspecified atom stereocenters. The largest absolute Gasteiger partial charge is 0.472 e. The zero-order valence-electron chi connectivity index (χ0n) is 34.6. The van der Waals surface area contributed by atoms with Gasteiger partial charge in [-0.1, -0.05) is 151 Å². The van der Waals surface area contributed by atoms with E-state index in [-0.39, 0.29) is 32.6 Å². The molecule has 0 aliphatic carbocycles. The molecule has 0 spiro atoms. The van der Waals surface area contributed by atoms with Crippen molar-refractivity contribution in [3.05, 3.63) is 72.9 Å². The van der Waals surface area contributed by atoms with E-state index < -0.39 is 32.5 Å². The molecule has 55 heavy (non-hydrogen) atoms. The number of nitrogens with two attached hydrogens (primary N) is 1. The number of carbonyl (C=O) groups excluding carboxylic acids is 2. The molecule has 0 aromatic carbocycles. The van der Waals surface area contributed by atoms with Gasteiger partial charge in [-0.2, -0.15) is 0 Å². The fraction of sp³-hybridized carbons (Fsp3) is 0.689. The molecule has 0 rings (SSSR count). The van der Waals surface area contributed by atoms with E-state index in [1.165, 1.54) is 77.0 Å². The normalized spacial score (nSPS) is 14.0. The summed E-state index contributed by atoms with van der Waals surface area (Å²) < 4.78 is 32.7. The van der Waals surface area contributed by atoms with Gasteiger partial charge in [0.05, 0.1) is 13.2 Å². The molecular weight excluding hydrogens is 713 g/mol. The van der Waals surface area contributed by atoms with E-state index in [1.54, 1.807) is 0 Å². The van der Waals surface area contributed by atoms with Crippen molar-refractivity contribution in [2.75, 3.05) is 26.4 Å². The van der Waals surface area contributed by atoms with Crippen LogP contribution >= 0.6 is 7.82 Å². The Kier molecular flexibility index (Phi) is 39.2. The van der Waals surface area contributed by atoms with Crippen LogP contribution in [0.4, 0.5) is 0 Å². The molecule has 0 saturated heterocycles. The fourth-order valence-electron chi connectivity index (χ4n) is 5.37. The Morgan fingerprint density at radius 2 is 0.982 bits per heavy atom. The Morgan fingerprint density at radius 1 is 0.545 bits per heavy atom. The first-order valence-corrected chi connectivity index (χ1v) is 22.9. The Hall–Kier alpha value is -2.55. The van der Waals surface area contributed by atoms with Crippen molar-refractivity contribution >= 4 is 19.8 Å². The van der Waals surface area contributed by atoms with Gasteiger partial charge in [-0.15, -0.1) is 0 Å². The minimum absolute atomic E-state index is 0.0402. The predicted molar refractivity (Wildman–Crippen MR) is 229 cm³/mol. The zero-order valence-corrected chi connectivity index (χ0v) is 35.5. The smallest absolute Gasteiger partial charge is 0.462 e. The van der Waals surface area contributed by atoms with Gasteiger partial charge >= 0.3 is 19.8 Å². The lowest BCUT2D eigenvalue weighted by molar-refractivity contribution is -0.161. The Labute approximate surface area is 335 Å². The summed E-state index contributed by atoms with van der Waals surface area (Å²) in [4.78, 5) is 34.8. The SMILES string of the molecule is CCCCCC=CCC=CCC=CCC=CCC=CCCC(=O)OCC(COP(=O)(O)OCCN)OC(=O)CCCCCCCCCC=CCCCCCC. The van der Waals surface area contributed by atoms with Crippen LogP contribution < -0.4 is 5.73 Å². The van der Waals surface area contributed by atoms with Crippen molar-refractivity contribution in [2.24, 2.45) is 5.73 Å². The van der Waals surface area contributed by atoms with Crippen LogP contribution in [0, 0.1) is 0 Å². The molecule has 0 radical (unpaired) electrons. The van der Waals surface area contributed by atoms with E-state index in [4.69, 9.17) is 24.3 Å². The molecule has 0 bridgehead atoms. The number of phosphoric acid groups is 1. The second-order valence-electron chi connectivity index (χ2n) is 13.8. The van der Waals surface area contributed by atoms with Gasteiger partial charge in [0.2, 0.25) is 0 Å². The van der Waals surface area contributed by atoms with Gasteiger partial charge in [-0.05, 0) is 77.0 Å². The first-order chi connectivity index (χ1) is 26.8. The van der Waals surface area contributed by atoms with Crippen LogP contribution in [-0.4, -0.2) is 49.3 Å². The molecule has 316 valence electrons. The summed E-state index contributed by atoms with van der Waals surface area (Å²) in [5, 5.41) is 0. The molecule has 3 N–H and O–H groups in total. The predicted octanol–water partition coefficient (Wildman–Crippen LogP) is 12.3. The summed E-state index contributed by atoms with van der Waals surface area (Å²) in [6.07, 6.45) is 49.4.